The minimum atomic E-state index is -0.0664. The highest BCUT2D eigenvalue weighted by Gasteiger charge is 2.15. The van der Waals surface area contributed by atoms with Crippen LogP contribution in [-0.2, 0) is 4.79 Å². The van der Waals surface area contributed by atoms with E-state index < -0.39 is 0 Å². The van der Waals surface area contributed by atoms with E-state index in [1.54, 1.807) is 6.20 Å². The lowest BCUT2D eigenvalue weighted by Crippen LogP contribution is -2.32. The SMILES string of the molecule is C[C@H](c1ccc(Cl)cc1)N(C)CC(=O)Nc1nccs1. The lowest BCUT2D eigenvalue weighted by Gasteiger charge is -2.24. The van der Waals surface area contributed by atoms with Crippen LogP contribution in [0.1, 0.15) is 18.5 Å². The number of hydrogen-bond acceptors (Lipinski definition) is 4. The third-order valence-electron chi connectivity index (χ3n) is 3.09. The molecule has 0 bridgehead atoms. The Kier molecular flexibility index (Phi) is 5.11. The number of nitrogens with zero attached hydrogens (tertiary/aromatic N) is 2. The molecule has 4 nitrogen and oxygen atoms in total. The molecule has 6 heteroatoms. The first-order chi connectivity index (χ1) is 9.56. The monoisotopic (exact) mass is 309 g/mol. The normalized spacial score (nSPS) is 12.4. The molecule has 0 saturated heterocycles. The third-order valence-corrected chi connectivity index (χ3v) is 4.03. The number of anilines is 1. The number of amides is 1. The molecular formula is C14H16ClN3OS. The number of rotatable bonds is 5. The van der Waals surface area contributed by atoms with Gasteiger partial charge in [0.2, 0.25) is 5.91 Å². The van der Waals surface area contributed by atoms with Gasteiger partial charge in [-0.3, -0.25) is 9.69 Å². The van der Waals surface area contributed by atoms with Crippen LogP contribution in [-0.4, -0.2) is 29.4 Å². The molecule has 1 N–H and O–H groups in total. The molecule has 0 aliphatic rings. The second kappa shape index (κ2) is 6.83. The topological polar surface area (TPSA) is 45.2 Å². The average Bonchev–Trinajstić information content (AvgIpc) is 2.91. The Morgan fingerprint density at radius 2 is 2.15 bits per heavy atom. The Labute approximate surface area is 127 Å². The summed E-state index contributed by atoms with van der Waals surface area (Å²) in [5, 5.41) is 5.94. The van der Waals surface area contributed by atoms with Crippen molar-refractivity contribution in [1.29, 1.82) is 0 Å². The molecule has 106 valence electrons. The van der Waals surface area contributed by atoms with Gasteiger partial charge >= 0.3 is 0 Å². The Hall–Kier alpha value is -1.43. The summed E-state index contributed by atoms with van der Waals surface area (Å²) < 4.78 is 0. The van der Waals surface area contributed by atoms with E-state index in [0.29, 0.717) is 16.7 Å². The zero-order chi connectivity index (χ0) is 14.5. The van der Waals surface area contributed by atoms with Gasteiger partial charge in [-0.1, -0.05) is 23.7 Å². The maximum Gasteiger partial charge on any atom is 0.240 e. The number of halogens is 1. The van der Waals surface area contributed by atoms with Crippen LogP contribution in [0, 0.1) is 0 Å². The maximum atomic E-state index is 11.9. The Bertz CT molecular complexity index is 556. The number of nitrogens with one attached hydrogen (secondary N) is 1. The van der Waals surface area contributed by atoms with Gasteiger partial charge in [-0.15, -0.1) is 11.3 Å². The van der Waals surface area contributed by atoms with E-state index in [9.17, 15) is 4.79 Å². The Morgan fingerprint density at radius 1 is 1.45 bits per heavy atom. The molecule has 1 aromatic heterocycles. The smallest absolute Gasteiger partial charge is 0.240 e. The van der Waals surface area contributed by atoms with E-state index in [1.807, 2.05) is 41.6 Å². The minimum Gasteiger partial charge on any atom is -0.301 e. The Balaban J connectivity index is 1.91. The molecule has 1 amide bonds. The number of carbonyl (C=O) groups excluding carboxylic acids is 1. The van der Waals surface area contributed by atoms with Crippen LogP contribution in [0.3, 0.4) is 0 Å². The molecule has 0 aliphatic carbocycles. The highest BCUT2D eigenvalue weighted by Crippen LogP contribution is 2.20. The number of thiazole rings is 1. The molecule has 2 rings (SSSR count). The van der Waals surface area contributed by atoms with Gasteiger partial charge in [0, 0.05) is 22.6 Å². The molecule has 0 saturated carbocycles. The molecular weight excluding hydrogens is 294 g/mol. The van der Waals surface area contributed by atoms with Gasteiger partial charge in [0.05, 0.1) is 6.54 Å². The molecule has 0 unspecified atom stereocenters. The second-order valence-electron chi connectivity index (χ2n) is 4.53. The summed E-state index contributed by atoms with van der Waals surface area (Å²) in [4.78, 5) is 17.9. The fraction of sp³-hybridized carbons (Fsp3) is 0.286. The predicted molar refractivity (Wildman–Crippen MR) is 83.2 cm³/mol. The molecule has 0 spiro atoms. The molecule has 1 atom stereocenters. The zero-order valence-corrected chi connectivity index (χ0v) is 12.9. The van der Waals surface area contributed by atoms with Crippen molar-refractivity contribution < 1.29 is 4.79 Å². The van der Waals surface area contributed by atoms with Crippen LogP contribution >= 0.6 is 22.9 Å². The number of carbonyl (C=O) groups is 1. The maximum absolute atomic E-state index is 11.9. The van der Waals surface area contributed by atoms with E-state index in [1.165, 1.54) is 11.3 Å². The van der Waals surface area contributed by atoms with Gasteiger partial charge in [-0.2, -0.15) is 0 Å². The van der Waals surface area contributed by atoms with Crippen molar-refractivity contribution in [3.63, 3.8) is 0 Å². The molecule has 0 aliphatic heterocycles. The first kappa shape index (κ1) is 15.0. The van der Waals surface area contributed by atoms with Crippen molar-refractivity contribution in [2.45, 2.75) is 13.0 Å². The van der Waals surface area contributed by atoms with E-state index in [-0.39, 0.29) is 11.9 Å². The highest BCUT2D eigenvalue weighted by atomic mass is 35.5. The van der Waals surface area contributed by atoms with E-state index >= 15 is 0 Å². The minimum absolute atomic E-state index is 0.0664. The van der Waals surface area contributed by atoms with Gasteiger partial charge in [0.25, 0.3) is 0 Å². The van der Waals surface area contributed by atoms with E-state index in [0.717, 1.165) is 5.56 Å². The lowest BCUT2D eigenvalue weighted by atomic mass is 10.1. The van der Waals surface area contributed by atoms with Crippen LogP contribution in [0.2, 0.25) is 5.02 Å². The van der Waals surface area contributed by atoms with Crippen LogP contribution in [0.25, 0.3) is 0 Å². The summed E-state index contributed by atoms with van der Waals surface area (Å²) in [7, 11) is 1.92. The molecule has 1 aromatic carbocycles. The van der Waals surface area contributed by atoms with Crippen LogP contribution < -0.4 is 5.32 Å². The quantitative estimate of drug-likeness (QED) is 0.920. The van der Waals surface area contributed by atoms with Crippen LogP contribution in [0.15, 0.2) is 35.8 Å². The van der Waals surface area contributed by atoms with E-state index in [2.05, 4.69) is 17.2 Å². The van der Waals surface area contributed by atoms with Gasteiger partial charge < -0.3 is 5.32 Å². The fourth-order valence-corrected chi connectivity index (χ4v) is 2.47. The molecule has 0 radical (unpaired) electrons. The van der Waals surface area contributed by atoms with Gasteiger partial charge in [0.15, 0.2) is 5.13 Å². The van der Waals surface area contributed by atoms with Crippen molar-refractivity contribution in [3.05, 3.63) is 46.4 Å². The summed E-state index contributed by atoms with van der Waals surface area (Å²) in [6.07, 6.45) is 1.67. The first-order valence-corrected chi connectivity index (χ1v) is 7.47. The van der Waals surface area contributed by atoms with Crippen LogP contribution in [0.4, 0.5) is 5.13 Å². The average molecular weight is 310 g/mol. The summed E-state index contributed by atoms with van der Waals surface area (Å²) in [6, 6.07) is 7.80. The largest absolute Gasteiger partial charge is 0.301 e. The number of likely N-dealkylation sites (N-methyl/N-ethyl adjacent to an activating group) is 1. The fourth-order valence-electron chi connectivity index (χ4n) is 1.80. The molecule has 20 heavy (non-hydrogen) atoms. The Morgan fingerprint density at radius 3 is 2.75 bits per heavy atom. The molecule has 1 heterocycles. The summed E-state index contributed by atoms with van der Waals surface area (Å²) in [5.74, 6) is -0.0664. The second-order valence-corrected chi connectivity index (χ2v) is 5.86. The van der Waals surface area contributed by atoms with Gasteiger partial charge in [-0.25, -0.2) is 4.98 Å². The third kappa shape index (κ3) is 4.03. The van der Waals surface area contributed by atoms with Crippen molar-refractivity contribution in [2.24, 2.45) is 0 Å². The summed E-state index contributed by atoms with van der Waals surface area (Å²) in [5.41, 5.74) is 1.12. The van der Waals surface area contributed by atoms with Gasteiger partial charge in [0.1, 0.15) is 0 Å². The van der Waals surface area contributed by atoms with E-state index in [4.69, 9.17) is 11.6 Å². The molecule has 2 aromatic rings. The predicted octanol–water partition coefficient (Wildman–Crippen LogP) is 3.43. The number of hydrogen-bond donors (Lipinski definition) is 1. The van der Waals surface area contributed by atoms with Crippen LogP contribution in [0.5, 0.6) is 0 Å². The lowest BCUT2D eigenvalue weighted by molar-refractivity contribution is -0.117. The first-order valence-electron chi connectivity index (χ1n) is 6.21. The summed E-state index contributed by atoms with van der Waals surface area (Å²) >= 11 is 7.28. The zero-order valence-electron chi connectivity index (χ0n) is 11.3. The standard InChI is InChI=1S/C14H16ClN3OS/c1-10(11-3-5-12(15)6-4-11)18(2)9-13(19)17-14-16-7-8-20-14/h3-8,10H,9H2,1-2H3,(H,16,17,19)/t10-/m1/s1. The van der Waals surface area contributed by atoms with Crippen molar-refractivity contribution in [2.75, 3.05) is 18.9 Å². The highest BCUT2D eigenvalue weighted by molar-refractivity contribution is 7.13. The van der Waals surface area contributed by atoms with Crippen molar-refractivity contribution >= 4 is 34.0 Å². The summed E-state index contributed by atoms with van der Waals surface area (Å²) in [6.45, 7) is 2.36. The van der Waals surface area contributed by atoms with Gasteiger partial charge in [-0.05, 0) is 31.7 Å². The van der Waals surface area contributed by atoms with Crippen molar-refractivity contribution in [1.82, 2.24) is 9.88 Å². The number of aromatic nitrogens is 1. The number of benzene rings is 1. The molecule has 0 fully saturated rings. The van der Waals surface area contributed by atoms with Crippen molar-refractivity contribution in [3.8, 4) is 0 Å².